The van der Waals surface area contributed by atoms with Crippen LogP contribution in [0.25, 0.3) is 11.2 Å². The molecule has 0 amide bonds. The molecular formula is C14H17ClN4O4. The highest BCUT2D eigenvalue weighted by atomic mass is 35.5. The first kappa shape index (κ1) is 15.2. The molecule has 2 fully saturated rings. The number of ether oxygens (including phenoxy) is 4. The van der Waals surface area contributed by atoms with Crippen LogP contribution in [-0.4, -0.2) is 57.3 Å². The maximum Gasteiger partial charge on any atom is 0.167 e. The van der Waals surface area contributed by atoms with Gasteiger partial charge in [-0.15, -0.1) is 0 Å². The SMILES string of the molecule is COC[C@H]1O[C@@H](n2cnc3c(Cl)ncnc32)[C@@H]2OC(C)(C)O[C@@H]21. The second-order valence-electron chi connectivity index (χ2n) is 6.07. The highest BCUT2D eigenvalue weighted by Crippen LogP contribution is 2.43. The Morgan fingerprint density at radius 1 is 1.26 bits per heavy atom. The van der Waals surface area contributed by atoms with E-state index in [1.165, 1.54) is 6.33 Å². The Kier molecular flexibility index (Phi) is 3.54. The predicted octanol–water partition coefficient (Wildman–Crippen LogP) is 1.54. The third-order valence-electron chi connectivity index (χ3n) is 4.04. The Hall–Kier alpha value is -1.32. The Labute approximate surface area is 137 Å². The largest absolute Gasteiger partial charge is 0.382 e. The third-order valence-corrected chi connectivity index (χ3v) is 4.32. The number of nitrogens with zero attached hydrogens (tertiary/aromatic N) is 4. The molecule has 0 bridgehead atoms. The molecule has 0 spiro atoms. The summed E-state index contributed by atoms with van der Waals surface area (Å²) in [5.74, 6) is -0.674. The van der Waals surface area contributed by atoms with E-state index in [2.05, 4.69) is 15.0 Å². The van der Waals surface area contributed by atoms with Crippen molar-refractivity contribution in [3.63, 3.8) is 0 Å². The summed E-state index contributed by atoms with van der Waals surface area (Å²) in [5.41, 5.74) is 1.13. The second kappa shape index (κ2) is 5.35. The minimum absolute atomic E-state index is 0.218. The molecule has 4 atom stereocenters. The quantitative estimate of drug-likeness (QED) is 0.784. The number of fused-ring (bicyclic) bond motifs is 2. The van der Waals surface area contributed by atoms with Crippen LogP contribution in [0.5, 0.6) is 0 Å². The lowest BCUT2D eigenvalue weighted by Gasteiger charge is -2.24. The maximum atomic E-state index is 6.10. The van der Waals surface area contributed by atoms with Gasteiger partial charge in [-0.05, 0) is 13.8 Å². The van der Waals surface area contributed by atoms with Gasteiger partial charge < -0.3 is 18.9 Å². The zero-order valence-corrected chi connectivity index (χ0v) is 13.7. The summed E-state index contributed by atoms with van der Waals surface area (Å²) >= 11 is 6.07. The van der Waals surface area contributed by atoms with Crippen LogP contribution >= 0.6 is 11.6 Å². The summed E-state index contributed by atoms with van der Waals surface area (Å²) in [6.45, 7) is 4.19. The average Bonchev–Trinajstić information content (AvgIpc) is 3.13. The zero-order chi connectivity index (χ0) is 16.2. The molecule has 4 rings (SSSR count). The molecule has 2 aliphatic rings. The van der Waals surface area contributed by atoms with Gasteiger partial charge in [0.2, 0.25) is 0 Å². The monoisotopic (exact) mass is 340 g/mol. The Morgan fingerprint density at radius 3 is 2.83 bits per heavy atom. The van der Waals surface area contributed by atoms with Crippen molar-refractivity contribution in [3.05, 3.63) is 17.8 Å². The first-order valence-corrected chi connectivity index (χ1v) is 7.71. The van der Waals surface area contributed by atoms with E-state index in [1.807, 2.05) is 13.8 Å². The van der Waals surface area contributed by atoms with Crippen molar-refractivity contribution in [2.24, 2.45) is 0 Å². The van der Waals surface area contributed by atoms with Crippen molar-refractivity contribution in [2.45, 2.75) is 44.2 Å². The summed E-state index contributed by atoms with van der Waals surface area (Å²) in [7, 11) is 1.63. The van der Waals surface area contributed by atoms with Gasteiger partial charge in [-0.1, -0.05) is 11.6 Å². The van der Waals surface area contributed by atoms with Crippen LogP contribution < -0.4 is 0 Å². The Bertz CT molecular complexity index is 737. The molecule has 8 nitrogen and oxygen atoms in total. The van der Waals surface area contributed by atoms with Crippen LogP contribution in [-0.2, 0) is 18.9 Å². The lowest BCUT2D eigenvalue weighted by Crippen LogP contribution is -2.32. The van der Waals surface area contributed by atoms with Crippen molar-refractivity contribution < 1.29 is 18.9 Å². The lowest BCUT2D eigenvalue weighted by molar-refractivity contribution is -0.200. The average molecular weight is 341 g/mol. The first-order chi connectivity index (χ1) is 11.0. The summed E-state index contributed by atoms with van der Waals surface area (Å²) in [6.07, 6.45) is 1.89. The summed E-state index contributed by atoms with van der Waals surface area (Å²) < 4.78 is 25.2. The van der Waals surface area contributed by atoms with E-state index in [0.29, 0.717) is 22.9 Å². The fraction of sp³-hybridized carbons (Fsp3) is 0.643. The molecule has 9 heteroatoms. The van der Waals surface area contributed by atoms with Gasteiger partial charge in [-0.3, -0.25) is 4.57 Å². The van der Waals surface area contributed by atoms with E-state index in [0.717, 1.165) is 0 Å². The first-order valence-electron chi connectivity index (χ1n) is 7.33. The highest BCUT2D eigenvalue weighted by molar-refractivity contribution is 6.33. The van der Waals surface area contributed by atoms with E-state index in [1.54, 1.807) is 18.0 Å². The van der Waals surface area contributed by atoms with E-state index < -0.39 is 12.0 Å². The molecule has 0 saturated carbocycles. The van der Waals surface area contributed by atoms with E-state index in [4.69, 9.17) is 30.5 Å². The fourth-order valence-corrected chi connectivity index (χ4v) is 3.37. The van der Waals surface area contributed by atoms with Gasteiger partial charge in [-0.25, -0.2) is 15.0 Å². The molecule has 124 valence electrons. The number of hydrogen-bond acceptors (Lipinski definition) is 7. The van der Waals surface area contributed by atoms with Gasteiger partial charge in [0.15, 0.2) is 22.8 Å². The van der Waals surface area contributed by atoms with E-state index in [9.17, 15) is 0 Å². The predicted molar refractivity (Wildman–Crippen MR) is 79.9 cm³/mol. The maximum absolute atomic E-state index is 6.10. The van der Waals surface area contributed by atoms with Crippen molar-refractivity contribution in [1.29, 1.82) is 0 Å². The Balaban J connectivity index is 1.74. The van der Waals surface area contributed by atoms with Gasteiger partial charge in [-0.2, -0.15) is 0 Å². The molecule has 23 heavy (non-hydrogen) atoms. The van der Waals surface area contributed by atoms with Gasteiger partial charge >= 0.3 is 0 Å². The topological polar surface area (TPSA) is 80.5 Å². The molecule has 2 aliphatic heterocycles. The minimum Gasteiger partial charge on any atom is -0.382 e. The smallest absolute Gasteiger partial charge is 0.167 e. The molecule has 0 aliphatic carbocycles. The van der Waals surface area contributed by atoms with Crippen LogP contribution in [0, 0.1) is 0 Å². The minimum atomic E-state index is -0.674. The number of rotatable bonds is 3. The number of methoxy groups -OCH3 is 1. The Morgan fingerprint density at radius 2 is 2.04 bits per heavy atom. The van der Waals surface area contributed by atoms with Gasteiger partial charge in [0.25, 0.3) is 0 Å². The standard InChI is InChI=1S/C14H17ClN4O4/c1-14(2)22-9-7(4-20-3)21-13(10(9)23-14)19-6-18-8-11(15)16-5-17-12(8)19/h5-7,9-10,13H,4H2,1-3H3/t7-,9-,10-,13-/m1/s1. The normalized spacial score (nSPS) is 32.5. The molecule has 0 radical (unpaired) electrons. The number of hydrogen-bond donors (Lipinski definition) is 0. The fourth-order valence-electron chi connectivity index (χ4n) is 3.19. The van der Waals surface area contributed by atoms with Crippen LogP contribution in [0.1, 0.15) is 20.1 Å². The summed E-state index contributed by atoms with van der Waals surface area (Å²) in [4.78, 5) is 12.5. The van der Waals surface area contributed by atoms with E-state index >= 15 is 0 Å². The van der Waals surface area contributed by atoms with Crippen molar-refractivity contribution in [2.75, 3.05) is 13.7 Å². The highest BCUT2D eigenvalue weighted by Gasteiger charge is 2.56. The van der Waals surface area contributed by atoms with E-state index in [-0.39, 0.29) is 18.3 Å². The number of imidazole rings is 1. The van der Waals surface area contributed by atoms with Gasteiger partial charge in [0.1, 0.15) is 30.2 Å². The molecule has 0 aromatic carbocycles. The van der Waals surface area contributed by atoms with Crippen molar-refractivity contribution in [1.82, 2.24) is 19.5 Å². The number of aromatic nitrogens is 4. The van der Waals surface area contributed by atoms with Crippen molar-refractivity contribution >= 4 is 22.8 Å². The molecule has 2 saturated heterocycles. The molecule has 0 unspecified atom stereocenters. The number of halogens is 1. The second-order valence-corrected chi connectivity index (χ2v) is 6.43. The summed E-state index contributed by atoms with van der Waals surface area (Å²) in [6, 6.07) is 0. The van der Waals surface area contributed by atoms with Crippen molar-refractivity contribution in [3.8, 4) is 0 Å². The van der Waals surface area contributed by atoms with Crippen LogP contribution in [0.3, 0.4) is 0 Å². The lowest BCUT2D eigenvalue weighted by atomic mass is 10.1. The molecule has 2 aromatic heterocycles. The van der Waals surface area contributed by atoms with Crippen LogP contribution in [0.4, 0.5) is 0 Å². The van der Waals surface area contributed by atoms with Gasteiger partial charge in [0, 0.05) is 7.11 Å². The molecular weight excluding hydrogens is 324 g/mol. The summed E-state index contributed by atoms with van der Waals surface area (Å²) in [5, 5.41) is 0.306. The third kappa shape index (κ3) is 2.41. The van der Waals surface area contributed by atoms with Gasteiger partial charge in [0.05, 0.1) is 12.9 Å². The molecule has 4 heterocycles. The van der Waals surface area contributed by atoms with Crippen LogP contribution in [0.2, 0.25) is 5.15 Å². The molecule has 2 aromatic rings. The zero-order valence-electron chi connectivity index (χ0n) is 13.0. The molecule has 0 N–H and O–H groups in total. The van der Waals surface area contributed by atoms with Crippen LogP contribution in [0.15, 0.2) is 12.7 Å².